The maximum atomic E-state index is 12.0. The first kappa shape index (κ1) is 14.6. The molecule has 2 aromatic rings. The molecule has 0 radical (unpaired) electrons. The van der Waals surface area contributed by atoms with E-state index in [-0.39, 0.29) is 5.91 Å². The Bertz CT molecular complexity index is 648. The predicted molar refractivity (Wildman–Crippen MR) is 87.1 cm³/mol. The quantitative estimate of drug-likeness (QED) is 0.667. The topological polar surface area (TPSA) is 71.2 Å². The molecule has 0 aliphatic rings. The largest absolute Gasteiger partial charge is 0.399 e. The van der Waals surface area contributed by atoms with Crippen LogP contribution in [0.25, 0.3) is 6.08 Å². The molecule has 0 saturated carbocycles. The number of carbonyl (C=O) groups excluding carboxylic acids is 1. The van der Waals surface area contributed by atoms with E-state index in [1.54, 1.807) is 30.6 Å². The van der Waals surface area contributed by atoms with E-state index < -0.39 is 0 Å². The lowest BCUT2D eigenvalue weighted by Crippen LogP contribution is -2.15. The molecule has 1 heterocycles. The van der Waals surface area contributed by atoms with Crippen molar-refractivity contribution in [1.29, 1.82) is 0 Å². The Hall–Kier alpha value is -2.82. The molecule has 1 amide bonds. The number of nitrogens with one attached hydrogen (secondary N) is 1. The summed E-state index contributed by atoms with van der Waals surface area (Å²) in [6.07, 6.45) is 6.54. The lowest BCUT2D eigenvalue weighted by Gasteiger charge is -2.16. The molecule has 5 heteroatoms. The molecule has 5 nitrogen and oxygen atoms in total. The van der Waals surface area contributed by atoms with E-state index in [4.69, 9.17) is 5.73 Å². The number of rotatable bonds is 4. The van der Waals surface area contributed by atoms with E-state index >= 15 is 0 Å². The van der Waals surface area contributed by atoms with Gasteiger partial charge in [-0.15, -0.1) is 0 Å². The van der Waals surface area contributed by atoms with Crippen molar-refractivity contribution >= 4 is 29.0 Å². The average Bonchev–Trinajstić information content (AvgIpc) is 2.47. The summed E-state index contributed by atoms with van der Waals surface area (Å²) in [5, 5.41) is 2.82. The SMILES string of the molecule is CN(C)c1ccncc1NC(=O)/C=C/c1ccc(N)cc1. The third-order valence-corrected chi connectivity index (χ3v) is 2.90. The molecule has 108 valence electrons. The summed E-state index contributed by atoms with van der Waals surface area (Å²) in [6, 6.07) is 9.15. The van der Waals surface area contributed by atoms with Crippen LogP contribution in [0.2, 0.25) is 0 Å². The number of hydrogen-bond acceptors (Lipinski definition) is 4. The number of aromatic nitrogens is 1. The highest BCUT2D eigenvalue weighted by Crippen LogP contribution is 2.22. The van der Waals surface area contributed by atoms with Crippen LogP contribution in [0.1, 0.15) is 5.56 Å². The summed E-state index contributed by atoms with van der Waals surface area (Å²) >= 11 is 0. The normalized spacial score (nSPS) is 10.6. The van der Waals surface area contributed by atoms with E-state index in [1.807, 2.05) is 37.2 Å². The summed E-state index contributed by atoms with van der Waals surface area (Å²) in [4.78, 5) is 17.9. The Balaban J connectivity index is 2.07. The van der Waals surface area contributed by atoms with E-state index in [2.05, 4.69) is 10.3 Å². The number of nitrogen functional groups attached to an aromatic ring is 1. The first-order valence-corrected chi connectivity index (χ1v) is 6.52. The van der Waals surface area contributed by atoms with Gasteiger partial charge in [0.15, 0.2) is 0 Å². The van der Waals surface area contributed by atoms with Gasteiger partial charge in [0.2, 0.25) is 5.91 Å². The van der Waals surface area contributed by atoms with E-state index in [0.29, 0.717) is 11.4 Å². The Morgan fingerprint density at radius 3 is 2.62 bits per heavy atom. The fraction of sp³-hybridized carbons (Fsp3) is 0.125. The monoisotopic (exact) mass is 282 g/mol. The second kappa shape index (κ2) is 6.56. The van der Waals surface area contributed by atoms with Crippen LogP contribution < -0.4 is 16.0 Å². The Morgan fingerprint density at radius 2 is 1.95 bits per heavy atom. The number of pyridine rings is 1. The first-order valence-electron chi connectivity index (χ1n) is 6.52. The standard InChI is InChI=1S/C16H18N4O/c1-20(2)15-9-10-18-11-14(15)19-16(21)8-5-12-3-6-13(17)7-4-12/h3-11H,17H2,1-2H3,(H,19,21)/b8-5+. The number of nitrogens with two attached hydrogens (primary N) is 1. The zero-order valence-corrected chi connectivity index (χ0v) is 12.1. The maximum absolute atomic E-state index is 12.0. The van der Waals surface area contributed by atoms with Crippen molar-refractivity contribution in [3.63, 3.8) is 0 Å². The Labute approximate surface area is 124 Å². The number of benzene rings is 1. The summed E-state index contributed by atoms with van der Waals surface area (Å²) in [7, 11) is 3.82. The number of nitrogens with zero attached hydrogens (tertiary/aromatic N) is 2. The summed E-state index contributed by atoms with van der Waals surface area (Å²) in [6.45, 7) is 0. The minimum absolute atomic E-state index is 0.206. The number of amides is 1. The molecular formula is C16H18N4O. The average molecular weight is 282 g/mol. The molecule has 0 saturated heterocycles. The van der Waals surface area contributed by atoms with Crippen LogP contribution in [-0.4, -0.2) is 25.0 Å². The maximum Gasteiger partial charge on any atom is 0.248 e. The van der Waals surface area contributed by atoms with E-state index in [9.17, 15) is 4.79 Å². The molecule has 0 aliphatic carbocycles. The summed E-state index contributed by atoms with van der Waals surface area (Å²) < 4.78 is 0. The number of anilines is 3. The van der Waals surface area contributed by atoms with Crippen molar-refractivity contribution in [2.45, 2.75) is 0 Å². The lowest BCUT2D eigenvalue weighted by atomic mass is 10.2. The van der Waals surface area contributed by atoms with Gasteiger partial charge in [0, 0.05) is 32.1 Å². The lowest BCUT2D eigenvalue weighted by molar-refractivity contribution is -0.111. The van der Waals surface area contributed by atoms with Gasteiger partial charge in [-0.1, -0.05) is 12.1 Å². The predicted octanol–water partition coefficient (Wildman–Crippen LogP) is 2.38. The zero-order chi connectivity index (χ0) is 15.2. The van der Waals surface area contributed by atoms with Crippen LogP contribution >= 0.6 is 0 Å². The molecule has 21 heavy (non-hydrogen) atoms. The third-order valence-electron chi connectivity index (χ3n) is 2.90. The van der Waals surface area contributed by atoms with Gasteiger partial charge in [-0.05, 0) is 29.8 Å². The molecule has 0 spiro atoms. The molecular weight excluding hydrogens is 264 g/mol. The Morgan fingerprint density at radius 1 is 1.24 bits per heavy atom. The van der Waals surface area contributed by atoms with Gasteiger partial charge in [0.1, 0.15) is 0 Å². The molecule has 0 bridgehead atoms. The molecule has 0 unspecified atom stereocenters. The second-order valence-corrected chi connectivity index (χ2v) is 4.78. The van der Waals surface area contributed by atoms with Crippen molar-refractivity contribution in [2.75, 3.05) is 30.0 Å². The molecule has 3 N–H and O–H groups in total. The minimum Gasteiger partial charge on any atom is -0.399 e. The Kier molecular flexibility index (Phi) is 4.56. The highest BCUT2D eigenvalue weighted by atomic mass is 16.1. The summed E-state index contributed by atoms with van der Waals surface area (Å²) in [5.74, 6) is -0.206. The number of carbonyl (C=O) groups is 1. The van der Waals surface area contributed by atoms with Gasteiger partial charge in [0.05, 0.1) is 17.6 Å². The van der Waals surface area contributed by atoms with Crippen molar-refractivity contribution in [1.82, 2.24) is 4.98 Å². The van der Waals surface area contributed by atoms with Crippen LogP contribution in [0.15, 0.2) is 48.8 Å². The summed E-state index contributed by atoms with van der Waals surface area (Å²) in [5.41, 5.74) is 8.80. The van der Waals surface area contributed by atoms with Crippen molar-refractivity contribution < 1.29 is 4.79 Å². The molecule has 0 atom stereocenters. The molecule has 0 aliphatic heterocycles. The second-order valence-electron chi connectivity index (χ2n) is 4.78. The third kappa shape index (κ3) is 4.07. The van der Waals surface area contributed by atoms with Crippen LogP contribution in [0.5, 0.6) is 0 Å². The molecule has 2 rings (SSSR count). The van der Waals surface area contributed by atoms with Crippen LogP contribution in [0.4, 0.5) is 17.1 Å². The van der Waals surface area contributed by atoms with Crippen molar-refractivity contribution in [3.05, 3.63) is 54.4 Å². The van der Waals surface area contributed by atoms with Crippen molar-refractivity contribution in [2.24, 2.45) is 0 Å². The highest BCUT2D eigenvalue weighted by molar-refractivity contribution is 6.03. The van der Waals surface area contributed by atoms with E-state index in [0.717, 1.165) is 11.3 Å². The van der Waals surface area contributed by atoms with E-state index in [1.165, 1.54) is 6.08 Å². The molecule has 0 fully saturated rings. The van der Waals surface area contributed by atoms with Crippen LogP contribution in [0.3, 0.4) is 0 Å². The first-order chi connectivity index (χ1) is 10.1. The van der Waals surface area contributed by atoms with Gasteiger partial charge in [-0.25, -0.2) is 0 Å². The smallest absolute Gasteiger partial charge is 0.248 e. The van der Waals surface area contributed by atoms with Gasteiger partial charge in [-0.3, -0.25) is 9.78 Å². The van der Waals surface area contributed by atoms with Gasteiger partial charge in [0.25, 0.3) is 0 Å². The fourth-order valence-electron chi connectivity index (χ4n) is 1.83. The zero-order valence-electron chi connectivity index (χ0n) is 12.1. The van der Waals surface area contributed by atoms with Gasteiger partial charge in [-0.2, -0.15) is 0 Å². The van der Waals surface area contributed by atoms with Crippen molar-refractivity contribution in [3.8, 4) is 0 Å². The minimum atomic E-state index is -0.206. The van der Waals surface area contributed by atoms with Gasteiger partial charge < -0.3 is 16.0 Å². The fourth-order valence-corrected chi connectivity index (χ4v) is 1.83. The van der Waals surface area contributed by atoms with Crippen LogP contribution in [0, 0.1) is 0 Å². The molecule has 1 aromatic carbocycles. The van der Waals surface area contributed by atoms with Gasteiger partial charge >= 0.3 is 0 Å². The number of hydrogen-bond donors (Lipinski definition) is 2. The highest BCUT2D eigenvalue weighted by Gasteiger charge is 2.06. The van der Waals surface area contributed by atoms with Crippen LogP contribution in [-0.2, 0) is 4.79 Å². The molecule has 1 aromatic heterocycles.